The average molecular weight is 301 g/mol. The Balaban J connectivity index is 3.17. The van der Waals surface area contributed by atoms with Gasteiger partial charge in [-0.15, -0.1) is 0 Å². The summed E-state index contributed by atoms with van der Waals surface area (Å²) in [6, 6.07) is 4.94. The van der Waals surface area contributed by atoms with E-state index < -0.39 is 20.5 Å². The summed E-state index contributed by atoms with van der Waals surface area (Å²) in [7, 11) is -3.84. The van der Waals surface area contributed by atoms with Gasteiger partial charge >= 0.3 is 0 Å². The second-order valence-electron chi connectivity index (χ2n) is 4.55. The summed E-state index contributed by atoms with van der Waals surface area (Å²) in [5.74, 6) is 0. The minimum atomic E-state index is -3.84. The average Bonchev–Trinajstić information content (AvgIpc) is 2.45. The second kappa shape index (κ2) is 6.29. The Kier molecular flexibility index (Phi) is 5.21. The van der Waals surface area contributed by atoms with Gasteiger partial charge in [0.1, 0.15) is 0 Å². The van der Waals surface area contributed by atoms with Gasteiger partial charge in [0, 0.05) is 24.2 Å². The normalized spacial score (nSPS) is 12.3. The second-order valence-corrected chi connectivity index (χ2v) is 6.23. The topological polar surface area (TPSA) is 115 Å². The SMILES string of the molecule is CCC(CC)(CN)NS(=O)(=O)c1cccc([N+](=O)[O-])c1. The number of nitrogens with zero attached hydrogens (tertiary/aromatic N) is 1. The van der Waals surface area contributed by atoms with Crippen molar-refractivity contribution in [3.63, 3.8) is 0 Å². The number of rotatable bonds is 7. The lowest BCUT2D eigenvalue weighted by atomic mass is 9.95. The predicted octanol–water partition coefficient (Wildman–Crippen LogP) is 1.39. The molecule has 0 aliphatic carbocycles. The first-order valence-corrected chi connectivity index (χ1v) is 7.77. The van der Waals surface area contributed by atoms with Crippen molar-refractivity contribution >= 4 is 15.7 Å². The number of nitrogens with two attached hydrogens (primary N) is 1. The minimum absolute atomic E-state index is 0.133. The zero-order valence-electron chi connectivity index (χ0n) is 11.5. The van der Waals surface area contributed by atoms with Gasteiger partial charge in [0.25, 0.3) is 5.69 Å². The van der Waals surface area contributed by atoms with E-state index in [0.717, 1.165) is 6.07 Å². The quantitative estimate of drug-likeness (QED) is 0.583. The van der Waals surface area contributed by atoms with Crippen molar-refractivity contribution in [1.82, 2.24) is 4.72 Å². The molecule has 3 N–H and O–H groups in total. The molecule has 112 valence electrons. The number of nitro groups is 1. The molecule has 0 aliphatic rings. The van der Waals surface area contributed by atoms with E-state index in [1.165, 1.54) is 18.2 Å². The molecule has 0 radical (unpaired) electrons. The van der Waals surface area contributed by atoms with E-state index in [2.05, 4.69) is 4.72 Å². The molecule has 1 aromatic rings. The third-order valence-corrected chi connectivity index (χ3v) is 5.01. The smallest absolute Gasteiger partial charge is 0.270 e. The predicted molar refractivity (Wildman–Crippen MR) is 75.8 cm³/mol. The van der Waals surface area contributed by atoms with Gasteiger partial charge in [-0.1, -0.05) is 19.9 Å². The van der Waals surface area contributed by atoms with Crippen LogP contribution in [0.5, 0.6) is 0 Å². The summed E-state index contributed by atoms with van der Waals surface area (Å²) >= 11 is 0. The first-order chi connectivity index (χ1) is 9.30. The van der Waals surface area contributed by atoms with E-state index in [4.69, 9.17) is 5.73 Å². The molecule has 0 saturated heterocycles. The molecule has 0 aliphatic heterocycles. The Labute approximate surface area is 118 Å². The van der Waals surface area contributed by atoms with Gasteiger partial charge < -0.3 is 5.73 Å². The number of hydrogen-bond donors (Lipinski definition) is 2. The summed E-state index contributed by atoms with van der Waals surface area (Å²) in [4.78, 5) is 9.94. The fourth-order valence-corrected chi connectivity index (χ4v) is 3.43. The van der Waals surface area contributed by atoms with E-state index in [0.29, 0.717) is 12.8 Å². The van der Waals surface area contributed by atoms with Crippen molar-refractivity contribution in [2.45, 2.75) is 37.1 Å². The number of non-ortho nitro benzene ring substituents is 1. The van der Waals surface area contributed by atoms with Crippen LogP contribution < -0.4 is 10.5 Å². The summed E-state index contributed by atoms with van der Waals surface area (Å²) in [5.41, 5.74) is 4.66. The van der Waals surface area contributed by atoms with Crippen molar-refractivity contribution < 1.29 is 13.3 Å². The molecular formula is C12H19N3O4S. The Morgan fingerprint density at radius 3 is 2.40 bits per heavy atom. The maximum atomic E-state index is 12.3. The van der Waals surface area contributed by atoms with Gasteiger partial charge in [-0.05, 0) is 18.9 Å². The van der Waals surface area contributed by atoms with Gasteiger partial charge in [0.2, 0.25) is 10.0 Å². The number of sulfonamides is 1. The number of nitro benzene ring substituents is 1. The van der Waals surface area contributed by atoms with E-state index in [9.17, 15) is 18.5 Å². The molecule has 1 aromatic carbocycles. The maximum absolute atomic E-state index is 12.3. The number of hydrogen-bond acceptors (Lipinski definition) is 5. The van der Waals surface area contributed by atoms with Crippen molar-refractivity contribution in [2.75, 3.05) is 6.54 Å². The Morgan fingerprint density at radius 1 is 1.35 bits per heavy atom. The molecule has 0 atom stereocenters. The highest BCUT2D eigenvalue weighted by Crippen LogP contribution is 2.21. The van der Waals surface area contributed by atoms with Gasteiger partial charge in [0.15, 0.2) is 0 Å². The summed E-state index contributed by atoms with van der Waals surface area (Å²) in [6.45, 7) is 3.84. The fraction of sp³-hybridized carbons (Fsp3) is 0.500. The van der Waals surface area contributed by atoms with Gasteiger partial charge in [0.05, 0.1) is 9.82 Å². The van der Waals surface area contributed by atoms with Gasteiger partial charge in [-0.25, -0.2) is 13.1 Å². The summed E-state index contributed by atoms with van der Waals surface area (Å²) in [6.07, 6.45) is 1.07. The van der Waals surface area contributed by atoms with Crippen LogP contribution in [-0.2, 0) is 10.0 Å². The molecule has 0 bridgehead atoms. The monoisotopic (exact) mass is 301 g/mol. The van der Waals surface area contributed by atoms with Crippen LogP contribution in [0.15, 0.2) is 29.2 Å². The molecule has 0 heterocycles. The molecule has 0 spiro atoms. The maximum Gasteiger partial charge on any atom is 0.270 e. The summed E-state index contributed by atoms with van der Waals surface area (Å²) in [5, 5.41) is 10.7. The minimum Gasteiger partial charge on any atom is -0.329 e. The van der Waals surface area contributed by atoms with E-state index in [1.807, 2.05) is 13.8 Å². The van der Waals surface area contributed by atoms with Crippen molar-refractivity contribution in [2.24, 2.45) is 5.73 Å². The molecule has 8 heteroatoms. The van der Waals surface area contributed by atoms with Crippen LogP contribution in [0, 0.1) is 10.1 Å². The molecule has 0 unspecified atom stereocenters. The molecule has 20 heavy (non-hydrogen) atoms. The van der Waals surface area contributed by atoms with Crippen molar-refractivity contribution in [3.8, 4) is 0 Å². The largest absolute Gasteiger partial charge is 0.329 e. The molecule has 0 fully saturated rings. The highest BCUT2D eigenvalue weighted by molar-refractivity contribution is 7.89. The molecule has 0 amide bonds. The molecule has 7 nitrogen and oxygen atoms in total. The Hall–Kier alpha value is -1.51. The van der Waals surface area contributed by atoms with Gasteiger partial charge in [-0.3, -0.25) is 10.1 Å². The van der Waals surface area contributed by atoms with Crippen LogP contribution in [0.1, 0.15) is 26.7 Å². The van der Waals surface area contributed by atoms with Crippen LogP contribution in [0.25, 0.3) is 0 Å². The van der Waals surface area contributed by atoms with Crippen LogP contribution >= 0.6 is 0 Å². The third-order valence-electron chi connectivity index (χ3n) is 3.43. The Morgan fingerprint density at radius 2 is 1.95 bits per heavy atom. The zero-order chi connectivity index (χ0) is 15.4. The number of benzene rings is 1. The highest BCUT2D eigenvalue weighted by atomic mass is 32.2. The first-order valence-electron chi connectivity index (χ1n) is 6.28. The van der Waals surface area contributed by atoms with Crippen LogP contribution in [0.2, 0.25) is 0 Å². The summed E-state index contributed by atoms with van der Waals surface area (Å²) < 4.78 is 27.2. The molecule has 0 saturated carbocycles. The molecular weight excluding hydrogens is 282 g/mol. The van der Waals surface area contributed by atoms with E-state index in [1.54, 1.807) is 0 Å². The van der Waals surface area contributed by atoms with Crippen molar-refractivity contribution in [3.05, 3.63) is 34.4 Å². The number of nitrogens with one attached hydrogen (secondary N) is 1. The Bertz CT molecular complexity index is 574. The third kappa shape index (κ3) is 3.53. The standard InChI is InChI=1S/C12H19N3O4S/c1-3-12(4-2,9-13)14-20(18,19)11-7-5-6-10(8-11)15(16)17/h5-8,14H,3-4,9,13H2,1-2H3. The lowest BCUT2D eigenvalue weighted by Gasteiger charge is -2.30. The van der Waals surface area contributed by atoms with Gasteiger partial charge in [-0.2, -0.15) is 0 Å². The first kappa shape index (κ1) is 16.5. The lowest BCUT2D eigenvalue weighted by molar-refractivity contribution is -0.385. The highest BCUT2D eigenvalue weighted by Gasteiger charge is 2.31. The van der Waals surface area contributed by atoms with Crippen molar-refractivity contribution in [1.29, 1.82) is 0 Å². The van der Waals surface area contributed by atoms with Crippen LogP contribution in [-0.4, -0.2) is 25.4 Å². The van der Waals surface area contributed by atoms with Crippen LogP contribution in [0.4, 0.5) is 5.69 Å². The lowest BCUT2D eigenvalue weighted by Crippen LogP contribution is -2.52. The molecule has 0 aromatic heterocycles. The van der Waals surface area contributed by atoms with Crippen LogP contribution in [0.3, 0.4) is 0 Å². The van der Waals surface area contributed by atoms with E-state index >= 15 is 0 Å². The van der Waals surface area contributed by atoms with E-state index in [-0.39, 0.29) is 17.1 Å². The zero-order valence-corrected chi connectivity index (χ0v) is 12.3. The fourth-order valence-electron chi connectivity index (χ4n) is 1.83. The molecule has 1 rings (SSSR count).